The molecule has 2 aliphatic heterocycles. The van der Waals surface area contributed by atoms with E-state index in [0.717, 1.165) is 83.5 Å². The van der Waals surface area contributed by atoms with Gasteiger partial charge in [-0.05, 0) is 38.1 Å². The monoisotopic (exact) mass is 467 g/mol. The summed E-state index contributed by atoms with van der Waals surface area (Å²) in [5.74, 6) is 0.722. The van der Waals surface area contributed by atoms with Gasteiger partial charge in [-0.15, -0.1) is 5.10 Å². The molecule has 0 amide bonds. The smallest absolute Gasteiger partial charge is 0.384 e. The van der Waals surface area contributed by atoms with Crippen molar-refractivity contribution in [2.24, 2.45) is 0 Å². The summed E-state index contributed by atoms with van der Waals surface area (Å²) in [5, 5.41) is 15.3. The summed E-state index contributed by atoms with van der Waals surface area (Å²) in [6, 6.07) is 6.69. The predicted octanol–water partition coefficient (Wildman–Crippen LogP) is 2.57. The number of hydrogen-bond acceptors (Lipinski definition) is 6. The second-order valence-electron chi connectivity index (χ2n) is 9.19. The molecule has 7 nitrogen and oxygen atoms in total. The highest BCUT2D eigenvalue weighted by molar-refractivity contribution is 5.46. The molecule has 1 aromatic carbocycles. The molecule has 33 heavy (non-hydrogen) atoms. The molecule has 2 saturated heterocycles. The van der Waals surface area contributed by atoms with Crippen LogP contribution in [-0.2, 0) is 16.5 Å². The van der Waals surface area contributed by atoms with Crippen LogP contribution in [0.5, 0.6) is 0 Å². The van der Waals surface area contributed by atoms with E-state index in [0.29, 0.717) is 11.4 Å². The van der Waals surface area contributed by atoms with Crippen LogP contribution in [0.15, 0.2) is 30.3 Å². The Morgan fingerprint density at radius 3 is 2.03 bits per heavy atom. The summed E-state index contributed by atoms with van der Waals surface area (Å²) < 4.78 is 45.8. The summed E-state index contributed by atoms with van der Waals surface area (Å²) in [6.07, 6.45) is -4.39. The molecule has 2 aromatic rings. The largest absolute Gasteiger partial charge is 0.416 e. The number of nitrogens with zero attached hydrogens (tertiary/aromatic N) is 5. The number of piperazine rings is 1. The first kappa shape index (κ1) is 24.0. The lowest BCUT2D eigenvalue weighted by Crippen LogP contribution is -2.49. The maximum Gasteiger partial charge on any atom is 0.416 e. The molecule has 1 N–H and O–H groups in total. The first-order chi connectivity index (χ1) is 15.6. The third-order valence-corrected chi connectivity index (χ3v) is 6.29. The second kappa shape index (κ2) is 9.61. The first-order valence-corrected chi connectivity index (χ1v) is 11.4. The Hall–Kier alpha value is -2.14. The Balaban J connectivity index is 1.44. The number of rotatable bonds is 6. The Labute approximate surface area is 192 Å². The van der Waals surface area contributed by atoms with Gasteiger partial charge in [-0.25, -0.2) is 4.68 Å². The van der Waals surface area contributed by atoms with Gasteiger partial charge < -0.3 is 14.7 Å². The third-order valence-electron chi connectivity index (χ3n) is 6.29. The number of anilines is 1. The van der Waals surface area contributed by atoms with Crippen LogP contribution in [0.3, 0.4) is 0 Å². The minimum absolute atomic E-state index is 0.482. The fourth-order valence-corrected chi connectivity index (χ4v) is 4.26. The van der Waals surface area contributed by atoms with Crippen molar-refractivity contribution in [1.29, 1.82) is 0 Å². The molecule has 4 rings (SSSR count). The number of ether oxygens (including phenoxy) is 1. The molecular weight excluding hydrogens is 435 g/mol. The Bertz CT molecular complexity index is 910. The highest BCUT2D eigenvalue weighted by Crippen LogP contribution is 2.32. The number of halogens is 3. The molecule has 0 saturated carbocycles. The number of aromatic nitrogens is 2. The highest BCUT2D eigenvalue weighted by Gasteiger charge is 2.31. The van der Waals surface area contributed by atoms with E-state index in [-0.39, 0.29) is 0 Å². The summed E-state index contributed by atoms with van der Waals surface area (Å²) in [4.78, 5) is 7.04. The van der Waals surface area contributed by atoms with Crippen molar-refractivity contribution in [2.75, 3.05) is 70.5 Å². The van der Waals surface area contributed by atoms with Crippen LogP contribution >= 0.6 is 0 Å². The first-order valence-electron chi connectivity index (χ1n) is 11.4. The molecule has 2 fully saturated rings. The maximum atomic E-state index is 12.9. The lowest BCUT2D eigenvalue weighted by molar-refractivity contribution is -0.137. The van der Waals surface area contributed by atoms with Gasteiger partial charge in [0.25, 0.3) is 0 Å². The summed E-state index contributed by atoms with van der Waals surface area (Å²) >= 11 is 0. The van der Waals surface area contributed by atoms with Crippen molar-refractivity contribution < 1.29 is 23.0 Å². The molecule has 0 aliphatic carbocycles. The lowest BCUT2D eigenvalue weighted by atomic mass is 10.1. The van der Waals surface area contributed by atoms with Crippen LogP contribution in [0, 0.1) is 0 Å². The van der Waals surface area contributed by atoms with Gasteiger partial charge in [-0.3, -0.25) is 9.80 Å². The van der Waals surface area contributed by atoms with Crippen LogP contribution < -0.4 is 4.90 Å². The number of hydrogen-bond donors (Lipinski definition) is 1. The third kappa shape index (κ3) is 5.87. The average Bonchev–Trinajstić information content (AvgIpc) is 3.25. The Morgan fingerprint density at radius 2 is 1.48 bits per heavy atom. The van der Waals surface area contributed by atoms with Gasteiger partial charge in [0.2, 0.25) is 0 Å². The van der Waals surface area contributed by atoms with Crippen molar-refractivity contribution in [3.8, 4) is 5.69 Å². The number of benzene rings is 1. The molecule has 0 unspecified atom stereocenters. The molecule has 182 valence electrons. The zero-order valence-electron chi connectivity index (χ0n) is 19.2. The molecule has 10 heteroatoms. The fraction of sp³-hybridized carbons (Fsp3) is 0.609. The normalized spacial score (nSPS) is 19.3. The van der Waals surface area contributed by atoms with Gasteiger partial charge in [-0.2, -0.15) is 13.2 Å². The van der Waals surface area contributed by atoms with Gasteiger partial charge in [0.05, 0.1) is 30.2 Å². The van der Waals surface area contributed by atoms with Crippen molar-refractivity contribution in [3.05, 3.63) is 41.6 Å². The predicted molar refractivity (Wildman–Crippen MR) is 120 cm³/mol. The zero-order chi connectivity index (χ0) is 23.6. The van der Waals surface area contributed by atoms with Crippen molar-refractivity contribution in [1.82, 2.24) is 19.6 Å². The van der Waals surface area contributed by atoms with E-state index < -0.39 is 17.3 Å². The van der Waals surface area contributed by atoms with Crippen molar-refractivity contribution in [3.63, 3.8) is 0 Å². The summed E-state index contributed by atoms with van der Waals surface area (Å²) in [6.45, 7) is 12.4. The fourth-order valence-electron chi connectivity index (χ4n) is 4.26. The van der Waals surface area contributed by atoms with Crippen LogP contribution in [0.4, 0.5) is 19.0 Å². The number of alkyl halides is 3. The second-order valence-corrected chi connectivity index (χ2v) is 9.19. The Kier molecular flexibility index (Phi) is 6.99. The van der Waals surface area contributed by atoms with Gasteiger partial charge >= 0.3 is 6.18 Å². The van der Waals surface area contributed by atoms with Gasteiger partial charge in [0.15, 0.2) is 5.82 Å². The van der Waals surface area contributed by atoms with Gasteiger partial charge in [0, 0.05) is 58.4 Å². The maximum absolute atomic E-state index is 12.9. The molecular formula is C23H32F3N5O2. The Morgan fingerprint density at radius 1 is 0.909 bits per heavy atom. The quantitative estimate of drug-likeness (QED) is 0.705. The lowest BCUT2D eigenvalue weighted by Gasteiger charge is -2.36. The summed E-state index contributed by atoms with van der Waals surface area (Å²) in [7, 11) is 0. The van der Waals surface area contributed by atoms with Crippen LogP contribution in [0.25, 0.3) is 5.69 Å². The van der Waals surface area contributed by atoms with Crippen molar-refractivity contribution >= 4 is 5.82 Å². The van der Waals surface area contributed by atoms with Crippen LogP contribution in [0.1, 0.15) is 25.1 Å². The van der Waals surface area contributed by atoms with E-state index in [1.807, 2.05) is 6.07 Å². The highest BCUT2D eigenvalue weighted by atomic mass is 19.4. The molecule has 0 radical (unpaired) electrons. The molecule has 3 heterocycles. The van der Waals surface area contributed by atoms with E-state index in [4.69, 9.17) is 4.74 Å². The number of morpholine rings is 1. The standard InChI is InChI=1S/C23H32F3N5O2/c1-22(2,32)20-17-21(27-31(20)19-5-3-18(4-6-19)23(24,25)26)30-11-9-28(10-12-30)7-8-29-13-15-33-16-14-29/h3-6,17,32H,7-16H2,1-2H3. The van der Waals surface area contributed by atoms with E-state index in [1.165, 1.54) is 12.1 Å². The molecule has 2 aliphatic rings. The van der Waals surface area contributed by atoms with Gasteiger partial charge in [0.1, 0.15) is 5.60 Å². The summed E-state index contributed by atoms with van der Waals surface area (Å²) in [5.41, 5.74) is -0.896. The minimum atomic E-state index is -4.39. The molecule has 0 atom stereocenters. The molecule has 1 aromatic heterocycles. The number of aliphatic hydroxyl groups is 1. The van der Waals surface area contributed by atoms with Crippen LogP contribution in [-0.4, -0.2) is 90.3 Å². The van der Waals surface area contributed by atoms with E-state index in [1.54, 1.807) is 18.5 Å². The molecule has 0 spiro atoms. The van der Waals surface area contributed by atoms with Gasteiger partial charge in [-0.1, -0.05) is 0 Å². The minimum Gasteiger partial charge on any atom is -0.384 e. The molecule has 0 bridgehead atoms. The SMILES string of the molecule is CC(C)(O)c1cc(N2CCN(CCN3CCOCC3)CC2)nn1-c1ccc(C(F)(F)F)cc1. The van der Waals surface area contributed by atoms with E-state index in [2.05, 4.69) is 19.8 Å². The topological polar surface area (TPSA) is 57.0 Å². The average molecular weight is 468 g/mol. The zero-order valence-corrected chi connectivity index (χ0v) is 19.2. The van der Waals surface area contributed by atoms with E-state index in [9.17, 15) is 18.3 Å². The van der Waals surface area contributed by atoms with Crippen molar-refractivity contribution in [2.45, 2.75) is 25.6 Å². The van der Waals surface area contributed by atoms with Crippen LogP contribution in [0.2, 0.25) is 0 Å². The van der Waals surface area contributed by atoms with E-state index >= 15 is 0 Å².